The molecule has 0 fully saturated rings. The first kappa shape index (κ1) is 16.4. The zero-order chi connectivity index (χ0) is 15.8. The second-order valence-corrected chi connectivity index (χ2v) is 4.09. The Morgan fingerprint density at radius 3 is 2.29 bits per heavy atom. The van der Waals surface area contributed by atoms with Crippen LogP contribution in [0.1, 0.15) is 12.0 Å². The molecule has 0 aliphatic carbocycles. The van der Waals surface area contributed by atoms with Crippen LogP contribution in [0.4, 0.5) is 4.79 Å². The highest BCUT2D eigenvalue weighted by Gasteiger charge is 2.29. The molecular weight excluding hydrogens is 282 g/mol. The zero-order valence-corrected chi connectivity index (χ0v) is 11.0. The van der Waals surface area contributed by atoms with Crippen molar-refractivity contribution >= 4 is 18.0 Å². The lowest BCUT2D eigenvalue weighted by molar-refractivity contribution is -0.157. The van der Waals surface area contributed by atoms with Crippen LogP contribution >= 0.6 is 0 Å². The number of carboxylic acid groups (broad SMARTS) is 2. The smallest absolute Gasteiger partial charge is 0.412 e. The summed E-state index contributed by atoms with van der Waals surface area (Å²) < 4.78 is 4.86. The molecule has 1 atom stereocenters. The molecule has 1 rings (SSSR count). The molecule has 114 valence electrons. The van der Waals surface area contributed by atoms with E-state index in [4.69, 9.17) is 14.9 Å². The number of rotatable bonds is 7. The van der Waals surface area contributed by atoms with E-state index in [1.807, 2.05) is 0 Å². The quantitative estimate of drug-likeness (QED) is 0.626. The average molecular weight is 297 g/mol. The molecule has 0 aliphatic heterocycles. The molecule has 8 nitrogen and oxygen atoms in total. The van der Waals surface area contributed by atoms with Gasteiger partial charge in [0.25, 0.3) is 0 Å². The average Bonchev–Trinajstić information content (AvgIpc) is 2.45. The summed E-state index contributed by atoms with van der Waals surface area (Å²) in [6, 6.07) is 8.64. The molecule has 0 saturated heterocycles. The maximum atomic E-state index is 11.8. The zero-order valence-electron chi connectivity index (χ0n) is 11.0. The van der Waals surface area contributed by atoms with Crippen molar-refractivity contribution in [1.82, 2.24) is 4.90 Å². The molecule has 0 aromatic heterocycles. The van der Waals surface area contributed by atoms with E-state index in [2.05, 4.69) is 0 Å². The molecule has 21 heavy (non-hydrogen) atoms. The van der Waals surface area contributed by atoms with Crippen molar-refractivity contribution < 1.29 is 34.4 Å². The third kappa shape index (κ3) is 5.49. The monoisotopic (exact) mass is 297 g/mol. The first-order valence-electron chi connectivity index (χ1n) is 6.02. The van der Waals surface area contributed by atoms with Gasteiger partial charge >= 0.3 is 18.0 Å². The maximum Gasteiger partial charge on any atom is 0.412 e. The predicted molar refractivity (Wildman–Crippen MR) is 69.2 cm³/mol. The van der Waals surface area contributed by atoms with Crippen LogP contribution in [-0.4, -0.2) is 51.0 Å². The summed E-state index contributed by atoms with van der Waals surface area (Å²) in [5, 5.41) is 26.7. The van der Waals surface area contributed by atoms with Crippen molar-refractivity contribution in [2.45, 2.75) is 19.3 Å². The minimum Gasteiger partial charge on any atom is -0.481 e. The molecule has 0 radical (unpaired) electrons. The van der Waals surface area contributed by atoms with E-state index in [0.717, 1.165) is 0 Å². The maximum absolute atomic E-state index is 11.8. The minimum absolute atomic E-state index is 0.115. The number of ether oxygens (including phenoxy) is 1. The number of carboxylic acids is 2. The van der Waals surface area contributed by atoms with Gasteiger partial charge in [0.2, 0.25) is 6.23 Å². The van der Waals surface area contributed by atoms with Gasteiger partial charge in [-0.05, 0) is 5.56 Å². The topological polar surface area (TPSA) is 124 Å². The number of carbonyl (C=O) groups excluding carboxylic acids is 1. The van der Waals surface area contributed by atoms with Gasteiger partial charge in [-0.1, -0.05) is 30.3 Å². The third-order valence-corrected chi connectivity index (χ3v) is 2.52. The highest BCUT2D eigenvalue weighted by atomic mass is 16.6. The molecule has 0 heterocycles. The van der Waals surface area contributed by atoms with Gasteiger partial charge in [0, 0.05) is 6.54 Å². The van der Waals surface area contributed by atoms with E-state index >= 15 is 0 Å². The van der Waals surface area contributed by atoms with E-state index in [0.29, 0.717) is 10.5 Å². The molecule has 1 aromatic rings. The normalized spacial score (nSPS) is 11.5. The largest absolute Gasteiger partial charge is 0.481 e. The van der Waals surface area contributed by atoms with Gasteiger partial charge in [0.15, 0.2) is 0 Å². The summed E-state index contributed by atoms with van der Waals surface area (Å²) in [7, 11) is 0. The minimum atomic E-state index is -2.16. The lowest BCUT2D eigenvalue weighted by Gasteiger charge is -2.23. The highest BCUT2D eigenvalue weighted by molar-refractivity contribution is 5.79. The van der Waals surface area contributed by atoms with Crippen LogP contribution in [-0.2, 0) is 20.9 Å². The lowest BCUT2D eigenvalue weighted by atomic mass is 10.2. The molecular formula is C13H15NO7. The number of nitrogens with zero attached hydrogens (tertiary/aromatic N) is 1. The van der Waals surface area contributed by atoms with Gasteiger partial charge in [0.1, 0.15) is 6.61 Å². The standard InChI is InChI=1S/C13H15NO7/c15-10(16)6-7-14(11(17)12(18)19)13(20)21-8-9-4-2-1-3-5-9/h1-5,11,17H,6-8H2,(H,15,16)(H,18,19). The van der Waals surface area contributed by atoms with Crippen molar-refractivity contribution in [3.05, 3.63) is 35.9 Å². The van der Waals surface area contributed by atoms with Crippen LogP contribution in [0, 0.1) is 0 Å². The molecule has 0 saturated carbocycles. The van der Waals surface area contributed by atoms with Crippen molar-refractivity contribution in [2.75, 3.05) is 6.54 Å². The van der Waals surface area contributed by atoms with E-state index in [1.165, 1.54) is 0 Å². The Balaban J connectivity index is 2.65. The van der Waals surface area contributed by atoms with Crippen LogP contribution in [0.5, 0.6) is 0 Å². The van der Waals surface area contributed by atoms with Crippen molar-refractivity contribution in [1.29, 1.82) is 0 Å². The second kappa shape index (κ2) is 7.85. The van der Waals surface area contributed by atoms with E-state index in [-0.39, 0.29) is 6.61 Å². The van der Waals surface area contributed by atoms with Gasteiger partial charge in [-0.2, -0.15) is 0 Å². The SMILES string of the molecule is O=C(O)CCN(C(=O)OCc1ccccc1)C(O)C(=O)O. The Morgan fingerprint density at radius 1 is 1.14 bits per heavy atom. The number of benzene rings is 1. The fraction of sp³-hybridized carbons (Fsp3) is 0.308. The number of aliphatic hydroxyl groups is 1. The number of amides is 1. The van der Waals surface area contributed by atoms with Gasteiger partial charge in [-0.25, -0.2) is 9.59 Å². The summed E-state index contributed by atoms with van der Waals surface area (Å²) in [6.07, 6.45) is -3.77. The summed E-state index contributed by atoms with van der Waals surface area (Å²) >= 11 is 0. The van der Waals surface area contributed by atoms with E-state index in [1.54, 1.807) is 30.3 Å². The number of carbonyl (C=O) groups is 3. The highest BCUT2D eigenvalue weighted by Crippen LogP contribution is 2.06. The molecule has 0 aliphatic rings. The molecule has 3 N–H and O–H groups in total. The van der Waals surface area contributed by atoms with Gasteiger partial charge in [-0.3, -0.25) is 9.69 Å². The van der Waals surface area contributed by atoms with E-state index in [9.17, 15) is 19.5 Å². The van der Waals surface area contributed by atoms with Crippen LogP contribution in [0.15, 0.2) is 30.3 Å². The lowest BCUT2D eigenvalue weighted by Crippen LogP contribution is -2.46. The number of hydrogen-bond donors (Lipinski definition) is 3. The van der Waals surface area contributed by atoms with Crippen LogP contribution in [0.2, 0.25) is 0 Å². The van der Waals surface area contributed by atoms with Crippen molar-refractivity contribution in [2.24, 2.45) is 0 Å². The Morgan fingerprint density at radius 2 is 1.76 bits per heavy atom. The predicted octanol–water partition coefficient (Wildman–Crippen LogP) is 0.503. The van der Waals surface area contributed by atoms with Gasteiger partial charge in [-0.15, -0.1) is 0 Å². The first-order chi connectivity index (χ1) is 9.91. The van der Waals surface area contributed by atoms with E-state index < -0.39 is 37.2 Å². The Bertz CT molecular complexity index is 503. The summed E-state index contributed by atoms with van der Waals surface area (Å²) in [6.45, 7) is -0.591. The first-order valence-corrected chi connectivity index (χ1v) is 6.02. The van der Waals surface area contributed by atoms with Gasteiger partial charge < -0.3 is 20.1 Å². The Hall–Kier alpha value is -2.61. The van der Waals surface area contributed by atoms with Crippen LogP contribution < -0.4 is 0 Å². The van der Waals surface area contributed by atoms with Crippen LogP contribution in [0.25, 0.3) is 0 Å². The molecule has 1 aromatic carbocycles. The molecule has 1 unspecified atom stereocenters. The summed E-state index contributed by atoms with van der Waals surface area (Å²) in [5.74, 6) is -2.90. The van der Waals surface area contributed by atoms with Crippen LogP contribution in [0.3, 0.4) is 0 Å². The molecule has 8 heteroatoms. The fourth-order valence-electron chi connectivity index (χ4n) is 1.47. The molecule has 1 amide bonds. The van der Waals surface area contributed by atoms with Crippen molar-refractivity contribution in [3.8, 4) is 0 Å². The fourth-order valence-corrected chi connectivity index (χ4v) is 1.47. The molecule has 0 bridgehead atoms. The number of hydrogen-bond acceptors (Lipinski definition) is 5. The Labute approximate surface area is 120 Å². The number of aliphatic carboxylic acids is 2. The summed E-state index contributed by atoms with van der Waals surface area (Å²) in [5.41, 5.74) is 0.675. The van der Waals surface area contributed by atoms with Crippen molar-refractivity contribution in [3.63, 3.8) is 0 Å². The summed E-state index contributed by atoms with van der Waals surface area (Å²) in [4.78, 5) is 33.4. The second-order valence-electron chi connectivity index (χ2n) is 4.09. The van der Waals surface area contributed by atoms with Gasteiger partial charge in [0.05, 0.1) is 6.42 Å². The molecule has 0 spiro atoms. The number of aliphatic hydroxyl groups excluding tert-OH is 1. The third-order valence-electron chi connectivity index (χ3n) is 2.52. The Kier molecular flexibility index (Phi) is 6.15.